The molecular formula is C24H23ClN2O5S. The van der Waals surface area contributed by atoms with Gasteiger partial charge >= 0.3 is 0 Å². The van der Waals surface area contributed by atoms with Crippen molar-refractivity contribution < 1.29 is 22.7 Å². The highest BCUT2D eigenvalue weighted by Gasteiger charge is 2.37. The van der Waals surface area contributed by atoms with Crippen molar-refractivity contribution in [2.45, 2.75) is 17.9 Å². The molecule has 3 aromatic rings. The molecule has 9 heteroatoms. The van der Waals surface area contributed by atoms with E-state index < -0.39 is 22.0 Å². The number of nitrogens with one attached hydrogen (secondary N) is 1. The number of ether oxygens (including phenoxy) is 2. The number of nitrogens with zero attached hydrogens (tertiary/aromatic N) is 1. The summed E-state index contributed by atoms with van der Waals surface area (Å²) in [5.41, 5.74) is 1.29. The number of aryl methyl sites for hydroxylation is 1. The Kier molecular flexibility index (Phi) is 6.76. The lowest BCUT2D eigenvalue weighted by Gasteiger charge is -2.35. The second-order valence-electron chi connectivity index (χ2n) is 7.50. The predicted octanol–water partition coefficient (Wildman–Crippen LogP) is 3.80. The Morgan fingerprint density at radius 1 is 1.12 bits per heavy atom. The van der Waals surface area contributed by atoms with E-state index in [1.165, 1.54) is 16.4 Å². The molecule has 172 valence electrons. The standard InChI is InChI=1S/C24H23ClN2O5S/c1-17-11-12-20-22(15-17)32-23(16-27(20)33(29,30)18-7-3-2-4-8-18)24(28)26-13-14-31-21-10-6-5-9-19(21)25/h2-12,15,23H,13-14,16H2,1H3,(H,26,28). The van der Waals surface area contributed by atoms with E-state index in [0.29, 0.717) is 22.2 Å². The lowest BCUT2D eigenvalue weighted by molar-refractivity contribution is -0.127. The van der Waals surface area contributed by atoms with Gasteiger partial charge in [-0.15, -0.1) is 0 Å². The van der Waals surface area contributed by atoms with E-state index in [1.54, 1.807) is 54.6 Å². The summed E-state index contributed by atoms with van der Waals surface area (Å²) in [6.07, 6.45) is -1.02. The molecule has 1 N–H and O–H groups in total. The third kappa shape index (κ3) is 5.07. The van der Waals surface area contributed by atoms with Crippen molar-refractivity contribution in [1.29, 1.82) is 0 Å². The summed E-state index contributed by atoms with van der Waals surface area (Å²) in [5.74, 6) is 0.429. The first-order valence-corrected chi connectivity index (χ1v) is 12.2. The quantitative estimate of drug-likeness (QED) is 0.513. The van der Waals surface area contributed by atoms with Crippen molar-refractivity contribution in [1.82, 2.24) is 5.32 Å². The van der Waals surface area contributed by atoms with Crippen molar-refractivity contribution >= 4 is 33.2 Å². The molecule has 1 aliphatic heterocycles. The maximum Gasteiger partial charge on any atom is 0.264 e. The van der Waals surface area contributed by atoms with Gasteiger partial charge in [-0.25, -0.2) is 8.42 Å². The lowest BCUT2D eigenvalue weighted by Crippen LogP contribution is -2.51. The van der Waals surface area contributed by atoms with Crippen molar-refractivity contribution in [3.63, 3.8) is 0 Å². The number of rotatable bonds is 7. The minimum Gasteiger partial charge on any atom is -0.490 e. The molecule has 0 aliphatic carbocycles. The van der Waals surface area contributed by atoms with Crippen LogP contribution in [0.3, 0.4) is 0 Å². The number of sulfonamides is 1. The molecule has 1 aliphatic rings. The Hall–Kier alpha value is -3.23. The third-order valence-electron chi connectivity index (χ3n) is 5.10. The first kappa shape index (κ1) is 22.9. The van der Waals surface area contributed by atoms with Crippen LogP contribution in [0.1, 0.15) is 5.56 Å². The molecule has 0 spiro atoms. The zero-order valence-corrected chi connectivity index (χ0v) is 19.5. The van der Waals surface area contributed by atoms with E-state index in [1.807, 2.05) is 13.0 Å². The molecule has 0 aromatic heterocycles. The van der Waals surface area contributed by atoms with Crippen LogP contribution in [0.15, 0.2) is 77.7 Å². The first-order chi connectivity index (χ1) is 15.9. The molecule has 0 fully saturated rings. The second-order valence-corrected chi connectivity index (χ2v) is 9.77. The highest BCUT2D eigenvalue weighted by Crippen LogP contribution is 2.37. The number of halogens is 1. The fourth-order valence-corrected chi connectivity index (χ4v) is 5.14. The highest BCUT2D eigenvalue weighted by molar-refractivity contribution is 7.92. The molecule has 1 unspecified atom stereocenters. The van der Waals surface area contributed by atoms with E-state index in [2.05, 4.69) is 5.32 Å². The molecule has 1 heterocycles. The van der Waals surface area contributed by atoms with Gasteiger partial charge in [0, 0.05) is 0 Å². The molecule has 0 radical (unpaired) electrons. The van der Waals surface area contributed by atoms with Gasteiger partial charge in [0.1, 0.15) is 18.1 Å². The van der Waals surface area contributed by atoms with Crippen LogP contribution in [-0.2, 0) is 14.8 Å². The van der Waals surface area contributed by atoms with Gasteiger partial charge in [-0.05, 0) is 48.9 Å². The van der Waals surface area contributed by atoms with Crippen LogP contribution in [0.5, 0.6) is 11.5 Å². The maximum absolute atomic E-state index is 13.4. The first-order valence-electron chi connectivity index (χ1n) is 10.4. The molecule has 0 bridgehead atoms. The summed E-state index contributed by atoms with van der Waals surface area (Å²) >= 11 is 6.06. The summed E-state index contributed by atoms with van der Waals surface area (Å²) in [6.45, 7) is 2.12. The Labute approximate surface area is 197 Å². The number of hydrogen-bond acceptors (Lipinski definition) is 5. The van der Waals surface area contributed by atoms with Crippen LogP contribution in [0.4, 0.5) is 5.69 Å². The monoisotopic (exact) mass is 486 g/mol. The van der Waals surface area contributed by atoms with Crippen molar-refractivity contribution in [2.24, 2.45) is 0 Å². The van der Waals surface area contributed by atoms with Gasteiger partial charge in [-0.3, -0.25) is 9.10 Å². The van der Waals surface area contributed by atoms with E-state index in [9.17, 15) is 13.2 Å². The van der Waals surface area contributed by atoms with Crippen LogP contribution in [0.25, 0.3) is 0 Å². The average Bonchev–Trinajstić information content (AvgIpc) is 2.82. The minimum atomic E-state index is -3.89. The molecule has 33 heavy (non-hydrogen) atoms. The summed E-state index contributed by atoms with van der Waals surface area (Å²) in [7, 11) is -3.89. The van der Waals surface area contributed by atoms with Crippen LogP contribution >= 0.6 is 11.6 Å². The molecule has 1 amide bonds. The van der Waals surface area contributed by atoms with Crippen LogP contribution in [0.2, 0.25) is 5.02 Å². The second kappa shape index (κ2) is 9.72. The van der Waals surface area contributed by atoms with Gasteiger partial charge in [0.15, 0.2) is 6.10 Å². The predicted molar refractivity (Wildman–Crippen MR) is 127 cm³/mol. The smallest absolute Gasteiger partial charge is 0.264 e. The van der Waals surface area contributed by atoms with Crippen LogP contribution < -0.4 is 19.1 Å². The van der Waals surface area contributed by atoms with Gasteiger partial charge in [-0.2, -0.15) is 0 Å². The lowest BCUT2D eigenvalue weighted by atomic mass is 10.1. The topological polar surface area (TPSA) is 84.9 Å². The maximum atomic E-state index is 13.4. The van der Waals surface area contributed by atoms with E-state index >= 15 is 0 Å². The van der Waals surface area contributed by atoms with Crippen LogP contribution in [0, 0.1) is 6.92 Å². The molecular weight excluding hydrogens is 464 g/mol. The Bertz CT molecular complexity index is 1250. The highest BCUT2D eigenvalue weighted by atomic mass is 35.5. The normalized spacial score (nSPS) is 15.3. The molecule has 3 aromatic carbocycles. The van der Waals surface area contributed by atoms with Gasteiger partial charge in [0.25, 0.3) is 15.9 Å². The van der Waals surface area contributed by atoms with E-state index in [4.69, 9.17) is 21.1 Å². The van der Waals surface area contributed by atoms with Gasteiger partial charge < -0.3 is 14.8 Å². The largest absolute Gasteiger partial charge is 0.490 e. The molecule has 4 rings (SSSR count). The molecule has 0 saturated carbocycles. The summed E-state index contributed by atoms with van der Waals surface area (Å²) in [6, 6.07) is 20.4. The molecule has 1 atom stereocenters. The third-order valence-corrected chi connectivity index (χ3v) is 7.21. The Morgan fingerprint density at radius 3 is 2.61 bits per heavy atom. The number of carbonyl (C=O) groups is 1. The summed E-state index contributed by atoms with van der Waals surface area (Å²) in [5, 5.41) is 3.23. The fraction of sp³-hybridized carbons (Fsp3) is 0.208. The summed E-state index contributed by atoms with van der Waals surface area (Å²) < 4.78 is 39.4. The van der Waals surface area contributed by atoms with Gasteiger partial charge in [0.05, 0.1) is 28.7 Å². The SMILES string of the molecule is Cc1ccc2c(c1)OC(C(=O)NCCOc1ccccc1Cl)CN2S(=O)(=O)c1ccccc1. The number of amides is 1. The van der Waals surface area contributed by atoms with Crippen molar-refractivity contribution in [3.8, 4) is 11.5 Å². The molecule has 0 saturated heterocycles. The average molecular weight is 487 g/mol. The Morgan fingerprint density at radius 2 is 1.85 bits per heavy atom. The van der Waals surface area contributed by atoms with E-state index in [-0.39, 0.29) is 24.6 Å². The zero-order chi connectivity index (χ0) is 23.4. The van der Waals surface area contributed by atoms with Gasteiger partial charge in [-0.1, -0.05) is 48.0 Å². The Balaban J connectivity index is 1.49. The van der Waals surface area contributed by atoms with Crippen molar-refractivity contribution in [3.05, 3.63) is 83.4 Å². The van der Waals surface area contributed by atoms with Gasteiger partial charge in [0.2, 0.25) is 0 Å². The minimum absolute atomic E-state index is 0.144. The zero-order valence-electron chi connectivity index (χ0n) is 17.9. The molecule has 7 nitrogen and oxygen atoms in total. The van der Waals surface area contributed by atoms with E-state index in [0.717, 1.165) is 5.56 Å². The fourth-order valence-electron chi connectivity index (χ4n) is 3.46. The van der Waals surface area contributed by atoms with Crippen molar-refractivity contribution in [2.75, 3.05) is 24.0 Å². The van der Waals surface area contributed by atoms with Crippen LogP contribution in [-0.4, -0.2) is 40.1 Å². The number of fused-ring (bicyclic) bond motifs is 1. The number of benzene rings is 3. The summed E-state index contributed by atoms with van der Waals surface area (Å²) in [4.78, 5) is 13.0. The number of hydrogen-bond donors (Lipinski definition) is 1. The number of carbonyl (C=O) groups excluding carboxylic acids is 1. The number of anilines is 1. The number of para-hydroxylation sites is 1.